The first-order valence-corrected chi connectivity index (χ1v) is 16.8. The summed E-state index contributed by atoms with van der Waals surface area (Å²) in [6.07, 6.45) is -12.6. The van der Waals surface area contributed by atoms with E-state index in [-0.39, 0.29) is 30.6 Å². The maximum Gasteiger partial charge on any atom is 0.460 e. The summed E-state index contributed by atoms with van der Waals surface area (Å²) < 4.78 is 268. The highest BCUT2D eigenvalue weighted by Crippen LogP contribution is 2.64. The van der Waals surface area contributed by atoms with E-state index >= 15 is 0 Å². The van der Waals surface area contributed by atoms with Crippen LogP contribution in [-0.4, -0.2) is 111 Å². The lowest BCUT2D eigenvalue weighted by molar-refractivity contribution is -0.458. The van der Waals surface area contributed by atoms with Crippen LogP contribution in [0.5, 0.6) is 0 Å². The Hall–Kier alpha value is -4.31. The third-order valence-corrected chi connectivity index (χ3v) is 9.26. The van der Waals surface area contributed by atoms with Crippen LogP contribution < -0.4 is 10.6 Å². The minimum absolute atomic E-state index is 0.0544. The summed E-state index contributed by atoms with van der Waals surface area (Å²) in [6, 6.07) is 3.85. The molecule has 334 valence electrons. The number of sulfonamides is 1. The first kappa shape index (κ1) is 51.7. The van der Waals surface area contributed by atoms with Gasteiger partial charge in [0.15, 0.2) is 0 Å². The van der Waals surface area contributed by atoms with E-state index in [1.165, 1.54) is 39.0 Å². The van der Waals surface area contributed by atoms with E-state index in [1.54, 1.807) is 0 Å². The third kappa shape index (κ3) is 9.92. The molecule has 11 nitrogen and oxygen atoms in total. The van der Waals surface area contributed by atoms with Crippen LogP contribution in [0.15, 0.2) is 30.4 Å². The molecular weight excluding hydrogens is 873 g/mol. The van der Waals surface area contributed by atoms with Crippen molar-refractivity contribution in [2.75, 3.05) is 37.4 Å². The SMILES string of the molecule is C=C(C)C(=O)OCC(C)OC(=O)Nc1cc(NC(=O)OCCCCN(C)S(=O)(=O)C(F)(F)C(F)(F)C(F)(F)C(F)(F)C(F)(F)C(F)(F)C(F)(F)C(F)(F)F)ccc1C. The summed E-state index contributed by atoms with van der Waals surface area (Å²) in [4.78, 5) is 35.8. The lowest BCUT2D eigenvalue weighted by atomic mass is 9.91. The summed E-state index contributed by atoms with van der Waals surface area (Å²) in [5, 5.41) is -3.20. The van der Waals surface area contributed by atoms with Gasteiger partial charge in [-0.25, -0.2) is 22.8 Å². The number of anilines is 2. The fourth-order valence-electron chi connectivity index (χ4n) is 3.89. The Labute approximate surface area is 315 Å². The molecule has 0 aromatic heterocycles. The van der Waals surface area contributed by atoms with Gasteiger partial charge in [-0.05, 0) is 51.3 Å². The summed E-state index contributed by atoms with van der Waals surface area (Å²) in [7, 11) is -7.56. The second-order valence-corrected chi connectivity index (χ2v) is 14.1. The number of carbonyl (C=O) groups is 3. The topological polar surface area (TPSA) is 140 Å². The highest BCUT2D eigenvalue weighted by molar-refractivity contribution is 7.90. The zero-order chi connectivity index (χ0) is 45.9. The van der Waals surface area contributed by atoms with Crippen molar-refractivity contribution >= 4 is 39.6 Å². The Balaban J connectivity index is 2.95. The number of amides is 2. The molecule has 0 saturated carbocycles. The van der Waals surface area contributed by atoms with E-state index in [0.717, 1.165) is 0 Å². The minimum atomic E-state index is -8.94. The number of ether oxygens (including phenoxy) is 3. The van der Waals surface area contributed by atoms with Gasteiger partial charge in [0.1, 0.15) is 12.7 Å². The number of unbranched alkanes of at least 4 members (excludes halogenated alkanes) is 1. The fourth-order valence-corrected chi connectivity index (χ4v) is 5.10. The zero-order valence-corrected chi connectivity index (χ0v) is 30.4. The maximum atomic E-state index is 14.4. The second-order valence-electron chi connectivity index (χ2n) is 12.0. The largest absolute Gasteiger partial charge is 0.460 e. The number of halogens is 17. The van der Waals surface area contributed by atoms with Gasteiger partial charge in [-0.15, -0.1) is 0 Å². The number of alkyl halides is 17. The van der Waals surface area contributed by atoms with E-state index in [9.17, 15) is 97.4 Å². The predicted molar refractivity (Wildman–Crippen MR) is 163 cm³/mol. The average Bonchev–Trinajstić information content (AvgIpc) is 3.06. The molecule has 0 aliphatic heterocycles. The van der Waals surface area contributed by atoms with Gasteiger partial charge in [-0.3, -0.25) is 10.6 Å². The lowest BCUT2D eigenvalue weighted by Gasteiger charge is -2.42. The Morgan fingerprint density at radius 3 is 1.71 bits per heavy atom. The van der Waals surface area contributed by atoms with Gasteiger partial charge in [0.05, 0.1) is 6.61 Å². The van der Waals surface area contributed by atoms with Gasteiger partial charge < -0.3 is 14.2 Å². The standard InChI is InChI=1S/C29H30F17N3O8S/c1-14(2)19(50)56-13-16(4)57-21(52)48-18-12-17(9-8-15(18)3)47-20(51)55-11-7-6-10-49(5)58(53,54)29(45,46)27(40,41)25(36,37)23(32,33)22(30,31)24(34,35)26(38,39)28(42,43)44/h8-9,12,16H,1,6-7,10-11,13H2,2-5H3,(H,47,51)(H,48,52). The monoisotopic (exact) mass is 903 g/mol. The van der Waals surface area contributed by atoms with Gasteiger partial charge in [-0.2, -0.15) is 78.9 Å². The van der Waals surface area contributed by atoms with E-state index in [0.29, 0.717) is 5.56 Å². The molecule has 1 unspecified atom stereocenters. The van der Waals surface area contributed by atoms with Crippen molar-refractivity contribution < 1.29 is 112 Å². The molecule has 0 spiro atoms. The average molecular weight is 904 g/mol. The smallest absolute Gasteiger partial charge is 0.458 e. The molecule has 0 heterocycles. The van der Waals surface area contributed by atoms with Crippen LogP contribution in [0.4, 0.5) is 95.6 Å². The number of benzene rings is 1. The van der Waals surface area contributed by atoms with E-state index in [4.69, 9.17) is 14.2 Å². The van der Waals surface area contributed by atoms with Crippen molar-refractivity contribution in [3.8, 4) is 0 Å². The van der Waals surface area contributed by atoms with Crippen molar-refractivity contribution in [2.24, 2.45) is 0 Å². The van der Waals surface area contributed by atoms with Gasteiger partial charge in [0.25, 0.3) is 10.0 Å². The molecule has 0 saturated heterocycles. The normalized spacial score (nSPS) is 14.4. The number of nitrogens with one attached hydrogen (secondary N) is 2. The molecule has 0 fully saturated rings. The number of aryl methyl sites for hydroxylation is 1. The van der Waals surface area contributed by atoms with E-state index in [1.807, 2.05) is 0 Å². The van der Waals surface area contributed by atoms with Crippen LogP contribution in [0, 0.1) is 6.92 Å². The molecule has 1 atom stereocenters. The Morgan fingerprint density at radius 1 is 0.741 bits per heavy atom. The van der Waals surface area contributed by atoms with Crippen LogP contribution in [-0.2, 0) is 29.0 Å². The molecule has 0 bridgehead atoms. The van der Waals surface area contributed by atoms with Gasteiger partial charge in [-0.1, -0.05) is 12.6 Å². The summed E-state index contributed by atoms with van der Waals surface area (Å²) in [6.45, 7) is 5.08. The molecule has 0 radical (unpaired) electrons. The van der Waals surface area contributed by atoms with Crippen LogP contribution >= 0.6 is 0 Å². The Kier molecular flexibility index (Phi) is 15.6. The number of nitrogens with zero attached hydrogens (tertiary/aromatic N) is 1. The molecule has 58 heavy (non-hydrogen) atoms. The number of hydrogen-bond acceptors (Lipinski definition) is 8. The van der Waals surface area contributed by atoms with E-state index in [2.05, 4.69) is 17.2 Å². The molecule has 1 rings (SSSR count). The summed E-state index contributed by atoms with van der Waals surface area (Å²) >= 11 is 0. The van der Waals surface area contributed by atoms with Crippen molar-refractivity contribution in [2.45, 2.75) is 86.7 Å². The number of rotatable bonds is 19. The molecular formula is C29H30F17N3O8S. The Bertz CT molecular complexity index is 1790. The number of carbonyl (C=O) groups excluding carboxylic acids is 3. The zero-order valence-electron chi connectivity index (χ0n) is 29.6. The van der Waals surface area contributed by atoms with Crippen LogP contribution in [0.1, 0.15) is 32.3 Å². The van der Waals surface area contributed by atoms with Gasteiger partial charge >= 0.3 is 65.1 Å². The van der Waals surface area contributed by atoms with E-state index < -0.39 is 112 Å². The van der Waals surface area contributed by atoms with Crippen LogP contribution in [0.25, 0.3) is 0 Å². The van der Waals surface area contributed by atoms with Crippen molar-refractivity contribution in [1.82, 2.24) is 4.31 Å². The van der Waals surface area contributed by atoms with Crippen LogP contribution in [0.3, 0.4) is 0 Å². The molecule has 2 amide bonds. The third-order valence-electron chi connectivity index (χ3n) is 7.35. The van der Waals surface area contributed by atoms with Gasteiger partial charge in [0, 0.05) is 30.5 Å². The number of esters is 1. The number of hydrogen-bond donors (Lipinski definition) is 2. The fraction of sp³-hybridized carbons (Fsp3) is 0.621. The molecule has 1 aromatic rings. The molecule has 0 aliphatic rings. The van der Waals surface area contributed by atoms with Crippen LogP contribution in [0.2, 0.25) is 0 Å². The van der Waals surface area contributed by atoms with Crippen molar-refractivity contribution in [3.05, 3.63) is 35.9 Å². The molecule has 0 aliphatic carbocycles. The summed E-state index contributed by atoms with van der Waals surface area (Å²) in [5.41, 5.74) is 0.515. The van der Waals surface area contributed by atoms with Crippen molar-refractivity contribution in [3.63, 3.8) is 0 Å². The molecule has 2 N–H and O–H groups in total. The molecule has 29 heteroatoms. The first-order chi connectivity index (χ1) is 25.8. The predicted octanol–water partition coefficient (Wildman–Crippen LogP) is 8.61. The Morgan fingerprint density at radius 2 is 1.22 bits per heavy atom. The quantitative estimate of drug-likeness (QED) is 0.0463. The highest BCUT2D eigenvalue weighted by atomic mass is 32.2. The second kappa shape index (κ2) is 17.5. The lowest BCUT2D eigenvalue weighted by Crippen LogP contribution is -2.75. The maximum absolute atomic E-state index is 14.4. The van der Waals surface area contributed by atoms with Crippen molar-refractivity contribution in [1.29, 1.82) is 0 Å². The molecule has 1 aromatic carbocycles. The minimum Gasteiger partial charge on any atom is -0.458 e. The van der Waals surface area contributed by atoms with Gasteiger partial charge in [0.2, 0.25) is 0 Å². The first-order valence-electron chi connectivity index (χ1n) is 15.3. The highest BCUT2D eigenvalue weighted by Gasteiger charge is 2.96. The summed E-state index contributed by atoms with van der Waals surface area (Å²) in [5.74, 6) is -52.9.